The summed E-state index contributed by atoms with van der Waals surface area (Å²) in [6.07, 6.45) is 6.85. The predicted octanol–water partition coefficient (Wildman–Crippen LogP) is 6.45. The zero-order valence-corrected chi connectivity index (χ0v) is 20.7. The maximum Gasteiger partial charge on any atom is 0.316 e. The fourth-order valence-corrected chi connectivity index (χ4v) is 3.67. The molecule has 0 saturated carbocycles. The van der Waals surface area contributed by atoms with Crippen LogP contribution >= 0.6 is 0 Å². The first-order valence-corrected chi connectivity index (χ1v) is 12.0. The molecule has 186 valence electrons. The molecular weight excluding hydrogens is 434 g/mol. The van der Waals surface area contributed by atoms with Crippen LogP contribution in [0, 0.1) is 5.92 Å². The van der Waals surface area contributed by atoms with Crippen molar-refractivity contribution in [3.63, 3.8) is 0 Å². The summed E-state index contributed by atoms with van der Waals surface area (Å²) in [5, 5.41) is 12.3. The van der Waals surface area contributed by atoms with E-state index in [1.165, 1.54) is 7.11 Å². The zero-order chi connectivity index (χ0) is 24.9. The fourth-order valence-electron chi connectivity index (χ4n) is 3.67. The van der Waals surface area contributed by atoms with Crippen molar-refractivity contribution in [1.82, 2.24) is 0 Å². The van der Waals surface area contributed by atoms with E-state index in [4.69, 9.17) is 14.2 Å². The van der Waals surface area contributed by atoms with Gasteiger partial charge in [-0.2, -0.15) is 0 Å². The minimum atomic E-state index is -1.13. The molecule has 0 aliphatic carbocycles. The van der Waals surface area contributed by atoms with Gasteiger partial charge in [0.2, 0.25) is 5.91 Å². The second-order valence-electron chi connectivity index (χ2n) is 8.27. The number of ether oxygens (including phenoxy) is 3. The van der Waals surface area contributed by atoms with Crippen LogP contribution in [-0.2, 0) is 16.0 Å². The first-order chi connectivity index (χ1) is 16.4. The van der Waals surface area contributed by atoms with Gasteiger partial charge in [0.15, 0.2) is 5.75 Å². The quantitative estimate of drug-likeness (QED) is 0.229. The van der Waals surface area contributed by atoms with E-state index in [1.54, 1.807) is 25.3 Å². The standard InChI is InChI=1S/C27H37NO6/c1-5-7-9-11-19-17-20(32-3)13-15-24(19)34-25-16-14-21(33-4)18-23(25)28-26(29)22(27(30)31)12-10-8-6-2/h13-18,22H,5-12H2,1-4H3,(H,28,29)(H,30,31). The summed E-state index contributed by atoms with van der Waals surface area (Å²) in [7, 11) is 3.16. The molecule has 0 aliphatic rings. The van der Waals surface area contributed by atoms with E-state index in [1.807, 2.05) is 25.1 Å². The number of methoxy groups -OCH3 is 2. The number of carbonyl (C=O) groups is 2. The Bertz CT molecular complexity index is 943. The van der Waals surface area contributed by atoms with Gasteiger partial charge in [-0.25, -0.2) is 0 Å². The molecule has 0 spiro atoms. The van der Waals surface area contributed by atoms with Crippen LogP contribution in [0.4, 0.5) is 5.69 Å². The minimum absolute atomic E-state index is 0.287. The molecule has 0 saturated heterocycles. The Kier molecular flexibility index (Phi) is 11.2. The largest absolute Gasteiger partial charge is 0.497 e. The highest BCUT2D eigenvalue weighted by atomic mass is 16.5. The van der Waals surface area contributed by atoms with E-state index in [2.05, 4.69) is 12.2 Å². The number of carbonyl (C=O) groups excluding carboxylic acids is 1. The Labute approximate surface area is 202 Å². The molecule has 1 atom stereocenters. The van der Waals surface area contributed by atoms with Crippen LogP contribution in [0.5, 0.6) is 23.0 Å². The number of unbranched alkanes of at least 4 members (excludes halogenated alkanes) is 4. The number of carboxylic acids is 1. The molecule has 2 N–H and O–H groups in total. The third kappa shape index (κ3) is 7.97. The number of anilines is 1. The van der Waals surface area contributed by atoms with E-state index in [9.17, 15) is 14.7 Å². The van der Waals surface area contributed by atoms with E-state index >= 15 is 0 Å². The highest BCUT2D eigenvalue weighted by Crippen LogP contribution is 2.36. The summed E-state index contributed by atoms with van der Waals surface area (Å²) < 4.78 is 16.9. The van der Waals surface area contributed by atoms with Crippen LogP contribution in [0.15, 0.2) is 36.4 Å². The number of hydrogen-bond acceptors (Lipinski definition) is 5. The molecule has 0 aliphatic heterocycles. The maximum atomic E-state index is 12.9. The third-order valence-corrected chi connectivity index (χ3v) is 5.69. The zero-order valence-electron chi connectivity index (χ0n) is 20.7. The van der Waals surface area contributed by atoms with Crippen molar-refractivity contribution >= 4 is 17.6 Å². The first-order valence-electron chi connectivity index (χ1n) is 12.0. The second kappa shape index (κ2) is 14.1. The molecule has 0 radical (unpaired) electrons. The average molecular weight is 472 g/mol. The SMILES string of the molecule is CCCCCc1cc(OC)ccc1Oc1ccc(OC)cc1NC(=O)C(CCCCC)C(=O)O. The summed E-state index contributed by atoms with van der Waals surface area (Å²) in [5.41, 5.74) is 1.37. The number of aryl methyl sites for hydroxylation is 1. The minimum Gasteiger partial charge on any atom is -0.497 e. The van der Waals surface area contributed by atoms with Crippen LogP contribution in [0.2, 0.25) is 0 Å². The van der Waals surface area contributed by atoms with Gasteiger partial charge in [-0.05, 0) is 55.2 Å². The topological polar surface area (TPSA) is 94.1 Å². The Morgan fingerprint density at radius 3 is 2.12 bits per heavy atom. The third-order valence-electron chi connectivity index (χ3n) is 5.69. The first kappa shape index (κ1) is 27.0. The van der Waals surface area contributed by atoms with Gasteiger partial charge in [-0.15, -0.1) is 0 Å². The molecule has 34 heavy (non-hydrogen) atoms. The fraction of sp³-hybridized carbons (Fsp3) is 0.481. The smallest absolute Gasteiger partial charge is 0.316 e. The lowest BCUT2D eigenvalue weighted by atomic mass is 10.0. The van der Waals surface area contributed by atoms with Gasteiger partial charge < -0.3 is 24.6 Å². The number of aliphatic carboxylic acids is 1. The molecule has 0 aromatic heterocycles. The summed E-state index contributed by atoms with van der Waals surface area (Å²) in [4.78, 5) is 24.6. The second-order valence-corrected chi connectivity index (χ2v) is 8.27. The molecule has 1 unspecified atom stereocenters. The number of benzene rings is 2. The predicted molar refractivity (Wildman–Crippen MR) is 133 cm³/mol. The van der Waals surface area contributed by atoms with E-state index in [-0.39, 0.29) is 6.42 Å². The lowest BCUT2D eigenvalue weighted by molar-refractivity contribution is -0.145. The van der Waals surface area contributed by atoms with Crippen molar-refractivity contribution in [2.24, 2.45) is 5.92 Å². The lowest BCUT2D eigenvalue weighted by Gasteiger charge is -2.18. The van der Waals surface area contributed by atoms with E-state index in [0.717, 1.165) is 49.8 Å². The summed E-state index contributed by atoms with van der Waals surface area (Å²) in [5.74, 6) is -0.482. The summed E-state index contributed by atoms with van der Waals surface area (Å²) >= 11 is 0. The number of carboxylic acid groups (broad SMARTS) is 1. The average Bonchev–Trinajstić information content (AvgIpc) is 2.83. The van der Waals surface area contributed by atoms with Crippen LogP contribution in [0.3, 0.4) is 0 Å². The normalized spacial score (nSPS) is 11.5. The highest BCUT2D eigenvalue weighted by molar-refractivity contribution is 6.04. The van der Waals surface area contributed by atoms with Crippen molar-refractivity contribution in [1.29, 1.82) is 0 Å². The van der Waals surface area contributed by atoms with Crippen LogP contribution in [-0.4, -0.2) is 31.2 Å². The van der Waals surface area contributed by atoms with Gasteiger partial charge in [0.05, 0.1) is 19.9 Å². The van der Waals surface area contributed by atoms with Crippen LogP contribution in [0.25, 0.3) is 0 Å². The van der Waals surface area contributed by atoms with Crippen LogP contribution in [0.1, 0.15) is 64.4 Å². The molecule has 2 aromatic carbocycles. The van der Waals surface area contributed by atoms with Gasteiger partial charge in [0, 0.05) is 6.07 Å². The molecule has 0 bridgehead atoms. The molecule has 1 amide bonds. The van der Waals surface area contributed by atoms with Crippen LogP contribution < -0.4 is 19.5 Å². The van der Waals surface area contributed by atoms with Gasteiger partial charge in [0.1, 0.15) is 23.2 Å². The maximum absolute atomic E-state index is 12.9. The van der Waals surface area contributed by atoms with Crippen molar-refractivity contribution < 1.29 is 28.9 Å². The van der Waals surface area contributed by atoms with E-state index in [0.29, 0.717) is 29.4 Å². The van der Waals surface area contributed by atoms with E-state index < -0.39 is 17.8 Å². The van der Waals surface area contributed by atoms with Gasteiger partial charge in [0.25, 0.3) is 0 Å². The molecule has 2 rings (SSSR count). The molecular formula is C27H37NO6. The Hall–Kier alpha value is -3.22. The molecule has 0 heterocycles. The summed E-state index contributed by atoms with van der Waals surface area (Å²) in [6, 6.07) is 10.7. The molecule has 7 nitrogen and oxygen atoms in total. The van der Waals surface area contributed by atoms with Crippen molar-refractivity contribution in [2.45, 2.75) is 65.2 Å². The molecule has 2 aromatic rings. The van der Waals surface area contributed by atoms with Crippen molar-refractivity contribution in [2.75, 3.05) is 19.5 Å². The van der Waals surface area contributed by atoms with Crippen molar-refractivity contribution in [3.8, 4) is 23.0 Å². The lowest BCUT2D eigenvalue weighted by Crippen LogP contribution is -2.29. The Balaban J connectivity index is 2.32. The Morgan fingerprint density at radius 1 is 0.882 bits per heavy atom. The monoisotopic (exact) mass is 471 g/mol. The number of amides is 1. The highest BCUT2D eigenvalue weighted by Gasteiger charge is 2.27. The molecule has 0 fully saturated rings. The van der Waals surface area contributed by atoms with Gasteiger partial charge >= 0.3 is 5.97 Å². The van der Waals surface area contributed by atoms with Crippen molar-refractivity contribution in [3.05, 3.63) is 42.0 Å². The van der Waals surface area contributed by atoms with Gasteiger partial charge in [-0.3, -0.25) is 9.59 Å². The Morgan fingerprint density at radius 2 is 1.50 bits per heavy atom. The number of hydrogen-bond donors (Lipinski definition) is 2. The number of rotatable bonds is 15. The summed E-state index contributed by atoms with van der Waals surface area (Å²) in [6.45, 7) is 4.19. The number of nitrogens with one attached hydrogen (secondary N) is 1. The molecule has 7 heteroatoms. The van der Waals surface area contributed by atoms with Gasteiger partial charge in [-0.1, -0.05) is 46.0 Å².